The maximum absolute atomic E-state index is 4.71. The van der Waals surface area contributed by atoms with Crippen LogP contribution in [0.15, 0.2) is 84.6 Å². The Kier molecular flexibility index (Phi) is 9.86. The highest BCUT2D eigenvalue weighted by Crippen LogP contribution is 2.40. The third kappa shape index (κ3) is 7.51. The molecule has 2 heteroatoms. The van der Waals surface area contributed by atoms with Gasteiger partial charge in [0, 0.05) is 22.0 Å². The molecule has 0 N–H and O–H groups in total. The zero-order chi connectivity index (χ0) is 26.4. The molecule has 0 amide bonds. The Balaban J connectivity index is 0.00000210. The molecule has 0 aromatic heterocycles. The first-order valence-electron chi connectivity index (χ1n) is 12.8. The third-order valence-electron chi connectivity index (χ3n) is 6.26. The van der Waals surface area contributed by atoms with Gasteiger partial charge in [0.1, 0.15) is 0 Å². The van der Waals surface area contributed by atoms with Gasteiger partial charge in [0.05, 0.1) is 0 Å². The largest absolute Gasteiger partial charge is 0.314 e. The van der Waals surface area contributed by atoms with E-state index < -0.39 is 0 Å². The molecule has 35 heavy (non-hydrogen) atoms. The first-order chi connectivity index (χ1) is 16.4. The maximum Gasteiger partial charge on any atom is 0.0467 e. The molecule has 0 saturated heterocycles. The summed E-state index contributed by atoms with van der Waals surface area (Å²) >= 11 is 4.71. The minimum Gasteiger partial charge on any atom is -0.314 e. The zero-order valence-electron chi connectivity index (χ0n) is 23.4. The third-order valence-corrected chi connectivity index (χ3v) is 6.67. The standard InChI is InChI=1S/C31H39NS.C2H6/c1-9-10-29(33)23-19-22(2)20-28(21-23)32(26-15-11-24(12-16-26)30(3,4)5)27-17-13-25(14-18-27)31(6,7)8;1-2/h9-13,15-17,19-21,33H,1,14,18H2,2-8H3;1-2H3/b29-10-;. The smallest absolute Gasteiger partial charge is 0.0467 e. The molecule has 0 heterocycles. The van der Waals surface area contributed by atoms with Crippen molar-refractivity contribution in [1.82, 2.24) is 0 Å². The van der Waals surface area contributed by atoms with Crippen LogP contribution in [0.5, 0.6) is 0 Å². The Bertz CT molecular complexity index is 1100. The summed E-state index contributed by atoms with van der Waals surface area (Å²) in [6, 6.07) is 15.7. The van der Waals surface area contributed by atoms with E-state index in [1.165, 1.54) is 28.1 Å². The van der Waals surface area contributed by atoms with Gasteiger partial charge in [-0.3, -0.25) is 0 Å². The minimum absolute atomic E-state index is 0.130. The minimum atomic E-state index is 0.130. The molecule has 1 aliphatic carbocycles. The first-order valence-corrected chi connectivity index (χ1v) is 13.3. The SMILES string of the molecule is C=C/C=C(\S)c1cc(C)cc(N(C2=CC=C(C(C)(C)C)CC2)c2ccc(C(C)(C)C)cc2)c1.CC. The molecule has 0 unspecified atom stereocenters. The zero-order valence-corrected chi connectivity index (χ0v) is 24.3. The van der Waals surface area contributed by atoms with Crippen LogP contribution in [0.3, 0.4) is 0 Å². The van der Waals surface area contributed by atoms with Crippen LogP contribution < -0.4 is 4.90 Å². The second kappa shape index (κ2) is 12.0. The molecule has 0 bridgehead atoms. The van der Waals surface area contributed by atoms with E-state index in [0.717, 1.165) is 29.0 Å². The van der Waals surface area contributed by atoms with Crippen LogP contribution in [0.4, 0.5) is 11.4 Å². The highest BCUT2D eigenvalue weighted by atomic mass is 32.1. The van der Waals surface area contributed by atoms with E-state index in [9.17, 15) is 0 Å². The number of allylic oxidation sites excluding steroid dienone is 6. The fourth-order valence-corrected chi connectivity index (χ4v) is 4.51. The summed E-state index contributed by atoms with van der Waals surface area (Å²) in [4.78, 5) is 3.33. The number of anilines is 2. The Morgan fingerprint density at radius 2 is 1.49 bits per heavy atom. The van der Waals surface area contributed by atoms with Gasteiger partial charge < -0.3 is 4.90 Å². The van der Waals surface area contributed by atoms with Crippen molar-refractivity contribution in [2.75, 3.05) is 4.90 Å². The van der Waals surface area contributed by atoms with Crippen LogP contribution in [-0.2, 0) is 5.41 Å². The number of thiol groups is 1. The second-order valence-corrected chi connectivity index (χ2v) is 11.6. The van der Waals surface area contributed by atoms with Crippen molar-refractivity contribution in [2.45, 2.75) is 80.6 Å². The van der Waals surface area contributed by atoms with Crippen LogP contribution in [-0.4, -0.2) is 0 Å². The number of benzene rings is 2. The summed E-state index contributed by atoms with van der Waals surface area (Å²) in [5, 5.41) is 0. The van der Waals surface area contributed by atoms with E-state index >= 15 is 0 Å². The van der Waals surface area contributed by atoms with E-state index in [-0.39, 0.29) is 10.8 Å². The molecule has 0 spiro atoms. The maximum atomic E-state index is 4.71. The van der Waals surface area contributed by atoms with E-state index in [1.54, 1.807) is 6.08 Å². The van der Waals surface area contributed by atoms with Crippen LogP contribution >= 0.6 is 12.6 Å². The average molecular weight is 488 g/mol. The molecule has 0 radical (unpaired) electrons. The van der Waals surface area contributed by atoms with Gasteiger partial charge in [0.2, 0.25) is 0 Å². The van der Waals surface area contributed by atoms with Crippen LogP contribution in [0.1, 0.15) is 84.9 Å². The molecule has 0 fully saturated rings. The van der Waals surface area contributed by atoms with Gasteiger partial charge in [0.25, 0.3) is 0 Å². The lowest BCUT2D eigenvalue weighted by Crippen LogP contribution is -2.21. The molecule has 0 saturated carbocycles. The van der Waals surface area contributed by atoms with Crippen LogP contribution in [0.2, 0.25) is 0 Å². The van der Waals surface area contributed by atoms with E-state index in [4.69, 9.17) is 12.6 Å². The molecule has 1 aliphatic rings. The second-order valence-electron chi connectivity index (χ2n) is 11.1. The number of aryl methyl sites for hydroxylation is 1. The predicted molar refractivity (Wildman–Crippen MR) is 162 cm³/mol. The van der Waals surface area contributed by atoms with Gasteiger partial charge in [-0.1, -0.05) is 97.9 Å². The van der Waals surface area contributed by atoms with Gasteiger partial charge in [-0.15, -0.1) is 12.6 Å². The van der Waals surface area contributed by atoms with Gasteiger partial charge in [-0.05, 0) is 83.7 Å². The lowest BCUT2D eigenvalue weighted by molar-refractivity contribution is 0.479. The lowest BCUT2D eigenvalue weighted by atomic mass is 9.81. The monoisotopic (exact) mass is 487 g/mol. The lowest BCUT2D eigenvalue weighted by Gasteiger charge is -2.33. The van der Waals surface area contributed by atoms with Crippen LogP contribution in [0.25, 0.3) is 4.91 Å². The van der Waals surface area contributed by atoms with E-state index in [2.05, 4.69) is 115 Å². The molecular weight excluding hydrogens is 442 g/mol. The van der Waals surface area contributed by atoms with Gasteiger partial charge in [-0.2, -0.15) is 0 Å². The molecule has 2 aromatic carbocycles. The Hall–Kier alpha value is -2.45. The van der Waals surface area contributed by atoms with Crippen molar-refractivity contribution < 1.29 is 0 Å². The fraction of sp³-hybridized carbons (Fsp3) is 0.394. The van der Waals surface area contributed by atoms with Crippen molar-refractivity contribution in [3.05, 3.63) is 101 Å². The quantitative estimate of drug-likeness (QED) is 0.324. The Labute approximate surface area is 220 Å². The number of hydrogen-bond acceptors (Lipinski definition) is 2. The number of nitrogens with zero attached hydrogens (tertiary/aromatic N) is 1. The van der Waals surface area contributed by atoms with Crippen molar-refractivity contribution in [3.63, 3.8) is 0 Å². The highest BCUT2D eigenvalue weighted by molar-refractivity contribution is 7.90. The average Bonchev–Trinajstić information content (AvgIpc) is 2.80. The summed E-state index contributed by atoms with van der Waals surface area (Å²) < 4.78 is 0. The van der Waals surface area contributed by atoms with Gasteiger partial charge >= 0.3 is 0 Å². The summed E-state index contributed by atoms with van der Waals surface area (Å²) in [5.74, 6) is 0. The molecular formula is C33H45NS. The summed E-state index contributed by atoms with van der Waals surface area (Å²) in [6.07, 6.45) is 10.5. The van der Waals surface area contributed by atoms with Crippen molar-refractivity contribution in [3.8, 4) is 0 Å². The molecule has 0 atom stereocenters. The number of hydrogen-bond donors (Lipinski definition) is 1. The van der Waals surface area contributed by atoms with Crippen molar-refractivity contribution in [1.29, 1.82) is 0 Å². The first kappa shape index (κ1) is 28.8. The molecule has 188 valence electrons. The molecule has 2 aromatic rings. The summed E-state index contributed by atoms with van der Waals surface area (Å²) in [5.41, 5.74) is 9.16. The van der Waals surface area contributed by atoms with E-state index in [0.29, 0.717) is 0 Å². The molecule has 0 aliphatic heterocycles. The summed E-state index contributed by atoms with van der Waals surface area (Å²) in [7, 11) is 0. The highest BCUT2D eigenvalue weighted by Gasteiger charge is 2.23. The fourth-order valence-electron chi connectivity index (χ4n) is 4.28. The van der Waals surface area contributed by atoms with Crippen molar-refractivity contribution in [2.24, 2.45) is 5.41 Å². The predicted octanol–water partition coefficient (Wildman–Crippen LogP) is 10.6. The molecule has 1 nitrogen and oxygen atoms in total. The van der Waals surface area contributed by atoms with E-state index in [1.807, 2.05) is 19.9 Å². The van der Waals surface area contributed by atoms with Gasteiger partial charge in [0.15, 0.2) is 0 Å². The van der Waals surface area contributed by atoms with Gasteiger partial charge in [-0.25, -0.2) is 0 Å². The molecule has 3 rings (SSSR count). The summed E-state index contributed by atoms with van der Waals surface area (Å²) in [6.45, 7) is 23.7. The van der Waals surface area contributed by atoms with Crippen LogP contribution in [0, 0.1) is 12.3 Å². The Morgan fingerprint density at radius 1 is 0.857 bits per heavy atom. The normalized spacial score (nSPS) is 14.4. The topological polar surface area (TPSA) is 3.24 Å². The number of rotatable bonds is 5. The Morgan fingerprint density at radius 3 is 1.97 bits per heavy atom. The van der Waals surface area contributed by atoms with Crippen molar-refractivity contribution >= 4 is 28.9 Å².